The zero-order valence-electron chi connectivity index (χ0n) is 10.6. The molecule has 0 saturated heterocycles. The first kappa shape index (κ1) is 12.9. The summed E-state index contributed by atoms with van der Waals surface area (Å²) in [4.78, 5) is 27.7. The number of fused-ring (bicyclic) bond motifs is 1. The number of carbonyl (C=O) groups is 2. The first-order valence-electron chi connectivity index (χ1n) is 5.97. The van der Waals surface area contributed by atoms with Gasteiger partial charge in [0.25, 0.3) is 5.91 Å². The monoisotopic (exact) mass is 260 g/mol. The summed E-state index contributed by atoms with van der Waals surface area (Å²) in [6, 6.07) is 5.30. The fourth-order valence-corrected chi connectivity index (χ4v) is 2.00. The SMILES string of the molecule is CCN(CC(N)=O)C(=O)c1c[nH]c2ccc(N)cc12. The second kappa shape index (κ2) is 5.01. The number of amides is 2. The second-order valence-electron chi connectivity index (χ2n) is 4.29. The topological polar surface area (TPSA) is 105 Å². The van der Waals surface area contributed by atoms with E-state index in [1.54, 1.807) is 25.3 Å². The summed E-state index contributed by atoms with van der Waals surface area (Å²) in [7, 11) is 0. The number of H-pyrrole nitrogens is 1. The maximum Gasteiger partial charge on any atom is 0.256 e. The van der Waals surface area contributed by atoms with Gasteiger partial charge in [0, 0.05) is 29.3 Å². The lowest BCUT2D eigenvalue weighted by Crippen LogP contribution is -2.38. The van der Waals surface area contributed by atoms with Gasteiger partial charge in [0.1, 0.15) is 0 Å². The molecule has 0 aliphatic carbocycles. The molecule has 6 nitrogen and oxygen atoms in total. The molecule has 1 aromatic heterocycles. The number of nitrogen functional groups attached to an aromatic ring is 1. The summed E-state index contributed by atoms with van der Waals surface area (Å²) in [6.45, 7) is 2.12. The molecule has 2 amide bonds. The molecule has 6 heteroatoms. The average Bonchev–Trinajstić information content (AvgIpc) is 2.77. The Morgan fingerprint density at radius 1 is 1.37 bits per heavy atom. The number of aromatic nitrogens is 1. The number of nitrogens with zero attached hydrogens (tertiary/aromatic N) is 1. The minimum Gasteiger partial charge on any atom is -0.399 e. The maximum absolute atomic E-state index is 12.4. The van der Waals surface area contributed by atoms with Gasteiger partial charge in [-0.15, -0.1) is 0 Å². The van der Waals surface area contributed by atoms with Crippen molar-refractivity contribution in [1.82, 2.24) is 9.88 Å². The van der Waals surface area contributed by atoms with Gasteiger partial charge in [-0.2, -0.15) is 0 Å². The number of likely N-dealkylation sites (N-methyl/N-ethyl adjacent to an activating group) is 1. The van der Waals surface area contributed by atoms with Crippen LogP contribution in [-0.4, -0.2) is 34.8 Å². The third-order valence-corrected chi connectivity index (χ3v) is 2.95. The van der Waals surface area contributed by atoms with Crippen molar-refractivity contribution in [3.63, 3.8) is 0 Å². The van der Waals surface area contributed by atoms with Crippen molar-refractivity contribution in [2.45, 2.75) is 6.92 Å². The Balaban J connectivity index is 2.40. The number of rotatable bonds is 4. The van der Waals surface area contributed by atoms with E-state index in [0.29, 0.717) is 17.8 Å². The van der Waals surface area contributed by atoms with Crippen LogP contribution in [0.2, 0.25) is 0 Å². The second-order valence-corrected chi connectivity index (χ2v) is 4.29. The Kier molecular flexibility index (Phi) is 3.41. The van der Waals surface area contributed by atoms with E-state index in [2.05, 4.69) is 4.98 Å². The maximum atomic E-state index is 12.4. The molecule has 0 unspecified atom stereocenters. The van der Waals surface area contributed by atoms with E-state index in [-0.39, 0.29) is 12.5 Å². The highest BCUT2D eigenvalue weighted by Crippen LogP contribution is 2.22. The van der Waals surface area contributed by atoms with Gasteiger partial charge in [0.2, 0.25) is 5.91 Å². The third kappa shape index (κ3) is 2.52. The normalized spacial score (nSPS) is 10.6. The highest BCUT2D eigenvalue weighted by atomic mass is 16.2. The van der Waals surface area contributed by atoms with Crippen molar-refractivity contribution in [1.29, 1.82) is 0 Å². The smallest absolute Gasteiger partial charge is 0.256 e. The Morgan fingerprint density at radius 3 is 2.74 bits per heavy atom. The number of primary amides is 1. The predicted octanol–water partition coefficient (Wildman–Crippen LogP) is 0.697. The number of benzene rings is 1. The minimum absolute atomic E-state index is 0.0929. The third-order valence-electron chi connectivity index (χ3n) is 2.95. The van der Waals surface area contributed by atoms with E-state index < -0.39 is 5.91 Å². The molecule has 0 aliphatic heterocycles. The molecular formula is C13H16N4O2. The van der Waals surface area contributed by atoms with Crippen LogP contribution in [0.15, 0.2) is 24.4 Å². The van der Waals surface area contributed by atoms with Crippen molar-refractivity contribution in [3.8, 4) is 0 Å². The van der Waals surface area contributed by atoms with Crippen molar-refractivity contribution in [2.75, 3.05) is 18.8 Å². The van der Waals surface area contributed by atoms with Crippen LogP contribution < -0.4 is 11.5 Å². The van der Waals surface area contributed by atoms with E-state index in [1.807, 2.05) is 6.07 Å². The number of hydrogen-bond donors (Lipinski definition) is 3. The van der Waals surface area contributed by atoms with Crippen LogP contribution in [-0.2, 0) is 4.79 Å². The van der Waals surface area contributed by atoms with Crippen molar-refractivity contribution >= 4 is 28.4 Å². The predicted molar refractivity (Wildman–Crippen MR) is 73.5 cm³/mol. The summed E-state index contributed by atoms with van der Waals surface area (Å²) >= 11 is 0. The first-order valence-corrected chi connectivity index (χ1v) is 5.97. The molecule has 0 fully saturated rings. The van der Waals surface area contributed by atoms with Crippen LogP contribution in [0.4, 0.5) is 5.69 Å². The minimum atomic E-state index is -0.533. The Bertz CT molecular complexity index is 633. The molecule has 1 heterocycles. The molecule has 100 valence electrons. The van der Waals surface area contributed by atoms with Crippen LogP contribution in [0, 0.1) is 0 Å². The van der Waals surface area contributed by atoms with E-state index in [0.717, 1.165) is 10.9 Å². The highest BCUT2D eigenvalue weighted by molar-refractivity contribution is 6.08. The first-order chi connectivity index (χ1) is 9.02. The van der Waals surface area contributed by atoms with Crippen molar-refractivity contribution < 1.29 is 9.59 Å². The lowest BCUT2D eigenvalue weighted by molar-refractivity contribution is -0.118. The number of aromatic amines is 1. The van der Waals surface area contributed by atoms with Gasteiger partial charge in [-0.3, -0.25) is 9.59 Å². The molecule has 2 rings (SSSR count). The average molecular weight is 260 g/mol. The standard InChI is InChI=1S/C13H16N4O2/c1-2-17(7-12(15)18)13(19)10-6-16-11-4-3-8(14)5-9(10)11/h3-6,16H,2,7,14H2,1H3,(H2,15,18). The van der Waals surface area contributed by atoms with Gasteiger partial charge >= 0.3 is 0 Å². The van der Waals surface area contributed by atoms with E-state index in [4.69, 9.17) is 11.5 Å². The molecular weight excluding hydrogens is 244 g/mol. The lowest BCUT2D eigenvalue weighted by Gasteiger charge is -2.18. The summed E-state index contributed by atoms with van der Waals surface area (Å²) in [5.41, 5.74) is 12.8. The number of anilines is 1. The molecule has 0 spiro atoms. The van der Waals surface area contributed by atoms with Crippen LogP contribution in [0.1, 0.15) is 17.3 Å². The van der Waals surface area contributed by atoms with Gasteiger partial charge in [-0.1, -0.05) is 0 Å². The Morgan fingerprint density at radius 2 is 2.11 bits per heavy atom. The highest BCUT2D eigenvalue weighted by Gasteiger charge is 2.19. The number of nitrogens with two attached hydrogens (primary N) is 2. The molecule has 19 heavy (non-hydrogen) atoms. The van der Waals surface area contributed by atoms with Crippen LogP contribution in [0.25, 0.3) is 10.9 Å². The molecule has 0 aliphatic rings. The zero-order chi connectivity index (χ0) is 14.0. The molecule has 0 radical (unpaired) electrons. The van der Waals surface area contributed by atoms with Crippen molar-refractivity contribution in [2.24, 2.45) is 5.73 Å². The lowest BCUT2D eigenvalue weighted by atomic mass is 10.1. The fraction of sp³-hybridized carbons (Fsp3) is 0.231. The number of hydrogen-bond acceptors (Lipinski definition) is 3. The molecule has 2 aromatic rings. The quantitative estimate of drug-likeness (QED) is 0.704. The van der Waals surface area contributed by atoms with E-state index >= 15 is 0 Å². The Labute approximate surface area is 110 Å². The number of nitrogens with one attached hydrogen (secondary N) is 1. The molecule has 0 bridgehead atoms. The molecule has 0 atom stereocenters. The molecule has 5 N–H and O–H groups in total. The summed E-state index contributed by atoms with van der Waals surface area (Å²) in [6.07, 6.45) is 1.62. The van der Waals surface area contributed by atoms with Gasteiger partial charge in [0.05, 0.1) is 12.1 Å². The summed E-state index contributed by atoms with van der Waals surface area (Å²) < 4.78 is 0. The van der Waals surface area contributed by atoms with Crippen LogP contribution >= 0.6 is 0 Å². The van der Waals surface area contributed by atoms with Gasteiger partial charge < -0.3 is 21.4 Å². The molecule has 1 aromatic carbocycles. The largest absolute Gasteiger partial charge is 0.399 e. The van der Waals surface area contributed by atoms with Gasteiger partial charge in [-0.25, -0.2) is 0 Å². The molecule has 0 saturated carbocycles. The van der Waals surface area contributed by atoms with Crippen molar-refractivity contribution in [3.05, 3.63) is 30.0 Å². The summed E-state index contributed by atoms with van der Waals surface area (Å²) in [5, 5.41) is 0.743. The van der Waals surface area contributed by atoms with Gasteiger partial charge in [-0.05, 0) is 25.1 Å². The van der Waals surface area contributed by atoms with Crippen LogP contribution in [0.3, 0.4) is 0 Å². The fourth-order valence-electron chi connectivity index (χ4n) is 2.00. The Hall–Kier alpha value is -2.50. The zero-order valence-corrected chi connectivity index (χ0v) is 10.6. The van der Waals surface area contributed by atoms with Crippen LogP contribution in [0.5, 0.6) is 0 Å². The summed E-state index contributed by atoms with van der Waals surface area (Å²) in [5.74, 6) is -0.771. The van der Waals surface area contributed by atoms with E-state index in [9.17, 15) is 9.59 Å². The van der Waals surface area contributed by atoms with Gasteiger partial charge in [0.15, 0.2) is 0 Å². The number of carbonyl (C=O) groups excluding carboxylic acids is 2. The van der Waals surface area contributed by atoms with E-state index in [1.165, 1.54) is 4.90 Å².